The lowest BCUT2D eigenvalue weighted by molar-refractivity contribution is 0.800. The van der Waals surface area contributed by atoms with Gasteiger partial charge in [0.25, 0.3) is 0 Å². The van der Waals surface area contributed by atoms with E-state index in [1.165, 1.54) is 0 Å². The van der Waals surface area contributed by atoms with E-state index in [1.807, 2.05) is 7.05 Å². The minimum atomic E-state index is 0. The van der Waals surface area contributed by atoms with E-state index in [1.54, 1.807) is 0 Å². The largest absolute Gasteiger partial charge is 0.319 e. The van der Waals surface area contributed by atoms with Crippen LogP contribution in [0.15, 0.2) is 0 Å². The molecule has 0 amide bonds. The van der Waals surface area contributed by atoms with Crippen molar-refractivity contribution in [2.45, 2.75) is 4.83 Å². The number of nitrogens with one attached hydrogen (secondary N) is 1. The predicted octanol–water partition coefficient (Wildman–Crippen LogP) is 1.94. The third-order valence-corrected chi connectivity index (χ3v) is 2.89. The van der Waals surface area contributed by atoms with Gasteiger partial charge in [0.05, 0.1) is 0 Å². The summed E-state index contributed by atoms with van der Waals surface area (Å²) in [6.45, 7) is 1.02. The summed E-state index contributed by atoms with van der Waals surface area (Å²) in [5.41, 5.74) is 0. The fourth-order valence-corrected chi connectivity index (χ4v) is 0.829. The Kier molecular flexibility index (Phi) is 12.7. The van der Waals surface area contributed by atoms with Crippen molar-refractivity contribution in [2.24, 2.45) is 0 Å². The van der Waals surface area contributed by atoms with Gasteiger partial charge in [-0.3, -0.25) is 0 Å². The van der Waals surface area contributed by atoms with Gasteiger partial charge in [0, 0.05) is 16.7 Å². The Morgan fingerprint density at radius 1 is 1.62 bits per heavy atom. The average Bonchev–Trinajstić information content (AvgIpc) is 1.68. The molecule has 0 saturated heterocycles. The third-order valence-electron chi connectivity index (χ3n) is 0.593. The molecule has 0 radical (unpaired) electrons. The van der Waals surface area contributed by atoms with Crippen LogP contribution in [0, 0.1) is 0 Å². The predicted molar refractivity (Wildman–Crippen MR) is 50.8 cm³/mol. The SMILES string of the molecule is Br.CNCC(Br)CBr. The second kappa shape index (κ2) is 8.40. The van der Waals surface area contributed by atoms with Gasteiger partial charge in [0.1, 0.15) is 0 Å². The molecular formula is C4H10Br3N. The minimum absolute atomic E-state index is 0. The van der Waals surface area contributed by atoms with Gasteiger partial charge in [-0.25, -0.2) is 0 Å². The van der Waals surface area contributed by atoms with Crippen LogP contribution >= 0.6 is 48.8 Å². The Morgan fingerprint density at radius 3 is 2.25 bits per heavy atom. The van der Waals surface area contributed by atoms with E-state index in [2.05, 4.69) is 37.2 Å². The summed E-state index contributed by atoms with van der Waals surface area (Å²) in [6.07, 6.45) is 0. The number of hydrogen-bond donors (Lipinski definition) is 1. The second-order valence-corrected chi connectivity index (χ2v) is 3.25. The molecule has 0 heterocycles. The Balaban J connectivity index is 0. The molecular weight excluding hydrogens is 302 g/mol. The lowest BCUT2D eigenvalue weighted by atomic mass is 10.5. The van der Waals surface area contributed by atoms with Crippen molar-refractivity contribution in [1.29, 1.82) is 0 Å². The topological polar surface area (TPSA) is 12.0 Å². The molecule has 0 spiro atoms. The molecule has 1 N–H and O–H groups in total. The summed E-state index contributed by atoms with van der Waals surface area (Å²) in [4.78, 5) is 0.567. The molecule has 0 fully saturated rings. The monoisotopic (exact) mass is 309 g/mol. The van der Waals surface area contributed by atoms with Crippen LogP contribution in [-0.2, 0) is 0 Å². The van der Waals surface area contributed by atoms with Gasteiger partial charge in [-0.2, -0.15) is 0 Å². The van der Waals surface area contributed by atoms with Crippen molar-refractivity contribution < 1.29 is 0 Å². The second-order valence-electron chi connectivity index (χ2n) is 1.31. The minimum Gasteiger partial charge on any atom is -0.319 e. The van der Waals surface area contributed by atoms with Gasteiger partial charge >= 0.3 is 0 Å². The van der Waals surface area contributed by atoms with E-state index in [9.17, 15) is 0 Å². The first-order chi connectivity index (χ1) is 3.31. The molecule has 0 rings (SSSR count). The van der Waals surface area contributed by atoms with Crippen molar-refractivity contribution in [2.75, 3.05) is 18.9 Å². The fraction of sp³-hybridized carbons (Fsp3) is 1.00. The molecule has 0 aromatic carbocycles. The molecule has 4 heteroatoms. The van der Waals surface area contributed by atoms with Gasteiger partial charge < -0.3 is 5.32 Å². The van der Waals surface area contributed by atoms with Crippen molar-refractivity contribution in [3.8, 4) is 0 Å². The van der Waals surface area contributed by atoms with E-state index in [0.717, 1.165) is 11.9 Å². The molecule has 0 aliphatic carbocycles. The van der Waals surface area contributed by atoms with Crippen LogP contribution in [0.4, 0.5) is 0 Å². The molecule has 0 aliphatic rings. The first-order valence-corrected chi connectivity index (χ1v) is 4.19. The highest BCUT2D eigenvalue weighted by Crippen LogP contribution is 2.00. The molecule has 0 aromatic rings. The summed E-state index contributed by atoms with van der Waals surface area (Å²) in [5, 5.41) is 4.05. The Hall–Kier alpha value is 1.40. The van der Waals surface area contributed by atoms with Crippen molar-refractivity contribution >= 4 is 48.8 Å². The molecule has 1 nitrogen and oxygen atoms in total. The zero-order chi connectivity index (χ0) is 5.70. The first-order valence-electron chi connectivity index (χ1n) is 2.16. The average molecular weight is 312 g/mol. The molecule has 0 aliphatic heterocycles. The maximum atomic E-state index is 3.43. The zero-order valence-electron chi connectivity index (χ0n) is 4.66. The van der Waals surface area contributed by atoms with E-state index < -0.39 is 0 Å². The summed E-state index contributed by atoms with van der Waals surface area (Å²) in [7, 11) is 1.94. The fourth-order valence-electron chi connectivity index (χ4n) is 0.276. The zero-order valence-corrected chi connectivity index (χ0v) is 9.54. The van der Waals surface area contributed by atoms with E-state index >= 15 is 0 Å². The van der Waals surface area contributed by atoms with Crippen LogP contribution in [0.5, 0.6) is 0 Å². The first kappa shape index (κ1) is 12.1. The van der Waals surface area contributed by atoms with E-state index in [-0.39, 0.29) is 17.0 Å². The third kappa shape index (κ3) is 7.40. The van der Waals surface area contributed by atoms with Gasteiger partial charge in [0.2, 0.25) is 0 Å². The maximum absolute atomic E-state index is 3.43. The van der Waals surface area contributed by atoms with Gasteiger partial charge in [-0.05, 0) is 7.05 Å². The standard InChI is InChI=1S/C4H9Br2N.BrH/c1-7-3-4(6)2-5;/h4,7H,2-3H2,1H3;1H. The number of alkyl halides is 2. The molecule has 52 valence electrons. The van der Waals surface area contributed by atoms with Crippen LogP contribution in [-0.4, -0.2) is 23.7 Å². The maximum Gasteiger partial charge on any atom is 0.0367 e. The lowest BCUT2D eigenvalue weighted by Crippen LogP contribution is -2.19. The highest BCUT2D eigenvalue weighted by Gasteiger charge is 1.95. The number of rotatable bonds is 3. The lowest BCUT2D eigenvalue weighted by Gasteiger charge is -2.00. The van der Waals surface area contributed by atoms with Crippen molar-refractivity contribution in [1.82, 2.24) is 5.32 Å². The Labute approximate surface area is 77.6 Å². The molecule has 1 atom stereocenters. The normalized spacial score (nSPS) is 12.4. The van der Waals surface area contributed by atoms with Crippen molar-refractivity contribution in [3.63, 3.8) is 0 Å². The molecule has 1 unspecified atom stereocenters. The van der Waals surface area contributed by atoms with Crippen LogP contribution in [0.2, 0.25) is 0 Å². The van der Waals surface area contributed by atoms with Crippen LogP contribution in [0.1, 0.15) is 0 Å². The molecule has 0 bridgehead atoms. The summed E-state index contributed by atoms with van der Waals surface area (Å²) in [6, 6.07) is 0. The Bertz CT molecular complexity index is 42.3. The van der Waals surface area contributed by atoms with Crippen molar-refractivity contribution in [3.05, 3.63) is 0 Å². The molecule has 8 heavy (non-hydrogen) atoms. The quantitative estimate of drug-likeness (QED) is 0.786. The van der Waals surface area contributed by atoms with E-state index in [4.69, 9.17) is 0 Å². The summed E-state index contributed by atoms with van der Waals surface area (Å²) >= 11 is 6.76. The van der Waals surface area contributed by atoms with Crippen LogP contribution in [0.25, 0.3) is 0 Å². The summed E-state index contributed by atoms with van der Waals surface area (Å²) < 4.78 is 0. The van der Waals surface area contributed by atoms with Gasteiger partial charge in [-0.15, -0.1) is 17.0 Å². The Morgan fingerprint density at radius 2 is 2.12 bits per heavy atom. The van der Waals surface area contributed by atoms with E-state index in [0.29, 0.717) is 4.83 Å². The molecule has 0 aromatic heterocycles. The number of halogens is 3. The molecule has 0 saturated carbocycles. The smallest absolute Gasteiger partial charge is 0.0367 e. The van der Waals surface area contributed by atoms with Gasteiger partial charge in [0.15, 0.2) is 0 Å². The van der Waals surface area contributed by atoms with Crippen LogP contribution in [0.3, 0.4) is 0 Å². The van der Waals surface area contributed by atoms with Crippen LogP contribution < -0.4 is 5.32 Å². The van der Waals surface area contributed by atoms with Gasteiger partial charge in [-0.1, -0.05) is 31.9 Å². The highest BCUT2D eigenvalue weighted by atomic mass is 79.9. The summed E-state index contributed by atoms with van der Waals surface area (Å²) in [5.74, 6) is 0. The number of hydrogen-bond acceptors (Lipinski definition) is 1. The highest BCUT2D eigenvalue weighted by molar-refractivity contribution is 9.12.